The maximum absolute atomic E-state index is 12.9. The van der Waals surface area contributed by atoms with Crippen LogP contribution in [-0.2, 0) is 24.3 Å². The van der Waals surface area contributed by atoms with Gasteiger partial charge in [0.25, 0.3) is 5.91 Å². The summed E-state index contributed by atoms with van der Waals surface area (Å²) >= 11 is 6.26. The second-order valence-electron chi connectivity index (χ2n) is 8.01. The van der Waals surface area contributed by atoms with Crippen LogP contribution < -0.4 is 16.2 Å². The van der Waals surface area contributed by atoms with Gasteiger partial charge in [0.05, 0.1) is 17.8 Å². The molecule has 3 aliphatic rings. The Labute approximate surface area is 171 Å². The van der Waals surface area contributed by atoms with Gasteiger partial charge in [0.1, 0.15) is 5.38 Å². The van der Waals surface area contributed by atoms with Gasteiger partial charge in [0.15, 0.2) is 0 Å². The van der Waals surface area contributed by atoms with Gasteiger partial charge in [-0.2, -0.15) is 13.2 Å². The van der Waals surface area contributed by atoms with Crippen molar-refractivity contribution in [1.29, 1.82) is 0 Å². The molecule has 4 heterocycles. The zero-order valence-corrected chi connectivity index (χ0v) is 16.6. The fourth-order valence-electron chi connectivity index (χ4n) is 4.57. The molecule has 0 radical (unpaired) electrons. The molecule has 0 aromatic carbocycles. The predicted molar refractivity (Wildman–Crippen MR) is 98.9 cm³/mol. The van der Waals surface area contributed by atoms with Crippen molar-refractivity contribution in [1.82, 2.24) is 36.1 Å². The first kappa shape index (κ1) is 20.8. The highest BCUT2D eigenvalue weighted by Crippen LogP contribution is 2.30. The van der Waals surface area contributed by atoms with Crippen molar-refractivity contribution in [2.45, 2.75) is 62.4 Å². The number of hydrazine groups is 1. The minimum absolute atomic E-state index is 0.132. The summed E-state index contributed by atoms with van der Waals surface area (Å²) in [6.07, 6.45) is -2.73. The molecule has 0 bridgehead atoms. The first-order valence-corrected chi connectivity index (χ1v) is 10.4. The maximum Gasteiger partial charge on any atom is 0.390 e. The summed E-state index contributed by atoms with van der Waals surface area (Å²) in [7, 11) is 0. The molecule has 0 saturated carbocycles. The van der Waals surface area contributed by atoms with Gasteiger partial charge in [0, 0.05) is 44.7 Å². The molecule has 2 saturated heterocycles. The van der Waals surface area contributed by atoms with Gasteiger partial charge in [-0.15, -0.1) is 16.7 Å². The molecule has 1 amide bonds. The van der Waals surface area contributed by atoms with Crippen LogP contribution in [-0.4, -0.2) is 69.1 Å². The lowest BCUT2D eigenvalue weighted by Crippen LogP contribution is -2.62. The first-order chi connectivity index (χ1) is 13.8. The molecule has 3 aliphatic heterocycles. The van der Waals surface area contributed by atoms with Gasteiger partial charge in [-0.3, -0.25) is 15.1 Å². The second kappa shape index (κ2) is 8.37. The van der Waals surface area contributed by atoms with Crippen LogP contribution in [0.2, 0.25) is 0 Å². The van der Waals surface area contributed by atoms with Crippen LogP contribution in [0.3, 0.4) is 0 Å². The monoisotopic (exact) mass is 435 g/mol. The highest BCUT2D eigenvalue weighted by Gasteiger charge is 2.39. The Morgan fingerprint density at radius 2 is 2.14 bits per heavy atom. The van der Waals surface area contributed by atoms with Crippen LogP contribution in [0.15, 0.2) is 0 Å². The Balaban J connectivity index is 1.43. The zero-order chi connectivity index (χ0) is 20.6. The van der Waals surface area contributed by atoms with Crippen molar-refractivity contribution < 1.29 is 18.0 Å². The molecule has 4 rings (SSSR count). The third kappa shape index (κ3) is 4.68. The number of amides is 1. The molecule has 12 heteroatoms. The van der Waals surface area contributed by atoms with Crippen LogP contribution in [0.25, 0.3) is 0 Å². The molecule has 29 heavy (non-hydrogen) atoms. The van der Waals surface area contributed by atoms with Crippen molar-refractivity contribution in [2.75, 3.05) is 19.6 Å². The largest absolute Gasteiger partial charge is 0.390 e. The van der Waals surface area contributed by atoms with Crippen LogP contribution in [0.1, 0.15) is 30.7 Å². The van der Waals surface area contributed by atoms with Crippen molar-refractivity contribution in [3.05, 3.63) is 11.4 Å². The lowest BCUT2D eigenvalue weighted by atomic mass is 9.88. The van der Waals surface area contributed by atoms with Crippen molar-refractivity contribution >= 4 is 17.5 Å². The van der Waals surface area contributed by atoms with Crippen LogP contribution in [0, 0.1) is 5.92 Å². The lowest BCUT2D eigenvalue weighted by molar-refractivity contribution is -0.144. The quantitative estimate of drug-likeness (QED) is 0.599. The molecule has 4 atom stereocenters. The van der Waals surface area contributed by atoms with Gasteiger partial charge in [0.2, 0.25) is 0 Å². The number of carbonyl (C=O) groups is 1. The molecule has 0 spiro atoms. The summed E-state index contributed by atoms with van der Waals surface area (Å²) in [6, 6.07) is -0.741. The van der Waals surface area contributed by atoms with Gasteiger partial charge >= 0.3 is 6.18 Å². The first-order valence-electron chi connectivity index (χ1n) is 9.94. The number of nitrogens with zero attached hydrogens (tertiary/aromatic N) is 4. The average molecular weight is 436 g/mol. The Morgan fingerprint density at radius 3 is 2.93 bits per heavy atom. The van der Waals surface area contributed by atoms with Crippen molar-refractivity contribution in [3.63, 3.8) is 0 Å². The van der Waals surface area contributed by atoms with E-state index in [0.29, 0.717) is 39.1 Å². The maximum atomic E-state index is 12.9. The predicted octanol–water partition coefficient (Wildman–Crippen LogP) is 0.567. The van der Waals surface area contributed by atoms with Gasteiger partial charge in [-0.25, -0.2) is 10.1 Å². The lowest BCUT2D eigenvalue weighted by Gasteiger charge is -2.38. The van der Waals surface area contributed by atoms with E-state index in [-0.39, 0.29) is 17.9 Å². The summed E-state index contributed by atoms with van der Waals surface area (Å²) in [5.74, 6) is -0.384. The third-order valence-corrected chi connectivity index (χ3v) is 6.56. The standard InChI is InChI=1S/C17H25ClF3N7O/c18-15-14(7-23-25-16(15)29)27-5-3-13-12(9-27)24-26-28(13)8-10-2-1-4-22-11(10)6-17(19,20)21/h10-11,14-15,22-23H,1-9H2,(H,25,29). The summed E-state index contributed by atoms with van der Waals surface area (Å²) < 4.78 is 40.5. The van der Waals surface area contributed by atoms with E-state index in [2.05, 4.69) is 31.4 Å². The zero-order valence-electron chi connectivity index (χ0n) is 15.9. The minimum Gasteiger partial charge on any atom is -0.313 e. The third-order valence-electron chi connectivity index (χ3n) is 6.07. The van der Waals surface area contributed by atoms with E-state index in [0.717, 1.165) is 24.2 Å². The fraction of sp³-hybridized carbons (Fsp3) is 0.824. The molecule has 2 fully saturated rings. The number of nitrogens with one attached hydrogen (secondary N) is 3. The highest BCUT2D eigenvalue weighted by molar-refractivity contribution is 6.31. The minimum atomic E-state index is -4.19. The number of carbonyl (C=O) groups excluding carboxylic acids is 1. The van der Waals surface area contributed by atoms with Crippen LogP contribution in [0.4, 0.5) is 13.2 Å². The molecule has 4 unspecified atom stereocenters. The molecule has 1 aromatic rings. The van der Waals surface area contributed by atoms with E-state index in [1.165, 1.54) is 0 Å². The number of fused-ring (bicyclic) bond motifs is 1. The molecule has 3 N–H and O–H groups in total. The summed E-state index contributed by atoms with van der Waals surface area (Å²) in [5, 5.41) is 10.9. The Kier molecular flexibility index (Phi) is 6.01. The number of alkyl halides is 4. The van der Waals surface area contributed by atoms with Crippen LogP contribution in [0.5, 0.6) is 0 Å². The van der Waals surface area contributed by atoms with E-state index < -0.39 is 24.0 Å². The normalized spacial score (nSPS) is 31.4. The second-order valence-corrected chi connectivity index (χ2v) is 8.48. The molecule has 162 valence electrons. The van der Waals surface area contributed by atoms with E-state index in [1.807, 2.05) is 0 Å². The Bertz CT molecular complexity index is 743. The molecular formula is C17H25ClF3N7O. The van der Waals surface area contributed by atoms with Crippen LogP contribution >= 0.6 is 11.6 Å². The Hall–Kier alpha value is -1.43. The van der Waals surface area contributed by atoms with Gasteiger partial charge in [-0.05, 0) is 25.3 Å². The number of aromatic nitrogens is 3. The number of hydrogen-bond donors (Lipinski definition) is 3. The fourth-order valence-corrected chi connectivity index (χ4v) is 4.87. The van der Waals surface area contributed by atoms with Crippen molar-refractivity contribution in [3.8, 4) is 0 Å². The van der Waals surface area contributed by atoms with Gasteiger partial charge < -0.3 is 5.32 Å². The number of hydrogen-bond acceptors (Lipinski definition) is 6. The molecule has 1 aromatic heterocycles. The van der Waals surface area contributed by atoms with E-state index in [4.69, 9.17) is 11.6 Å². The number of piperidine rings is 1. The average Bonchev–Trinajstić information content (AvgIpc) is 3.06. The van der Waals surface area contributed by atoms with E-state index in [1.54, 1.807) is 4.68 Å². The summed E-state index contributed by atoms with van der Waals surface area (Å²) in [5.41, 5.74) is 7.15. The smallest absolute Gasteiger partial charge is 0.313 e. The highest BCUT2D eigenvalue weighted by atomic mass is 35.5. The number of rotatable bonds is 4. The van der Waals surface area contributed by atoms with E-state index >= 15 is 0 Å². The summed E-state index contributed by atoms with van der Waals surface area (Å²) in [4.78, 5) is 13.9. The SMILES string of the molecule is O=C1NNCC(N2CCc3c(nnn3CC3CCCNC3CC(F)(F)F)C2)C1Cl. The molecule has 8 nitrogen and oxygen atoms in total. The molecule has 0 aliphatic carbocycles. The van der Waals surface area contributed by atoms with Crippen molar-refractivity contribution in [2.24, 2.45) is 5.92 Å². The van der Waals surface area contributed by atoms with Gasteiger partial charge in [-0.1, -0.05) is 5.21 Å². The number of halogens is 4. The topological polar surface area (TPSA) is 87.1 Å². The molecular weight excluding hydrogens is 411 g/mol. The van der Waals surface area contributed by atoms with E-state index in [9.17, 15) is 18.0 Å². The Morgan fingerprint density at radius 1 is 1.31 bits per heavy atom. The summed E-state index contributed by atoms with van der Waals surface area (Å²) in [6.45, 7) is 2.80.